The average molecular weight is 302 g/mol. The van der Waals surface area contributed by atoms with E-state index in [1.54, 1.807) is 0 Å². The summed E-state index contributed by atoms with van der Waals surface area (Å²) >= 11 is 0. The van der Waals surface area contributed by atoms with Gasteiger partial charge < -0.3 is 20.4 Å². The van der Waals surface area contributed by atoms with E-state index in [0.717, 1.165) is 36.3 Å². The normalized spacial score (nSPS) is 19.2. The van der Waals surface area contributed by atoms with E-state index >= 15 is 0 Å². The standard InChI is InChI=1S/C16H22N4O2/c1-11(14-7-4-10-22-14)18-16(21)17-9-8-15-19-12-5-2-3-6-13(12)20-15/h2-3,5-6,11,14H,4,7-10H2,1H3,(H,19,20)(H2,17,18,21)/t11-,14+/m0/s1. The van der Waals surface area contributed by atoms with E-state index in [2.05, 4.69) is 20.6 Å². The molecule has 0 aliphatic carbocycles. The lowest BCUT2D eigenvalue weighted by atomic mass is 10.1. The molecule has 0 spiro atoms. The summed E-state index contributed by atoms with van der Waals surface area (Å²) in [5.41, 5.74) is 1.97. The van der Waals surface area contributed by atoms with Gasteiger partial charge in [-0.1, -0.05) is 12.1 Å². The van der Waals surface area contributed by atoms with Crippen LogP contribution in [0.1, 0.15) is 25.6 Å². The fourth-order valence-corrected chi connectivity index (χ4v) is 2.77. The van der Waals surface area contributed by atoms with Gasteiger partial charge in [0.1, 0.15) is 5.82 Å². The Morgan fingerprint density at radius 1 is 1.50 bits per heavy atom. The molecule has 1 fully saturated rings. The molecule has 2 heterocycles. The first-order chi connectivity index (χ1) is 10.7. The molecule has 6 nitrogen and oxygen atoms in total. The average Bonchev–Trinajstić information content (AvgIpc) is 3.16. The number of hydrogen-bond donors (Lipinski definition) is 3. The number of carbonyl (C=O) groups is 1. The molecule has 2 aromatic rings. The molecule has 1 aliphatic rings. The molecular weight excluding hydrogens is 280 g/mol. The topological polar surface area (TPSA) is 79.0 Å². The van der Waals surface area contributed by atoms with Crippen molar-refractivity contribution in [1.29, 1.82) is 0 Å². The number of rotatable bonds is 5. The Hall–Kier alpha value is -2.08. The van der Waals surface area contributed by atoms with Crippen molar-refractivity contribution in [2.75, 3.05) is 13.2 Å². The fourth-order valence-electron chi connectivity index (χ4n) is 2.77. The van der Waals surface area contributed by atoms with E-state index in [1.165, 1.54) is 0 Å². The second-order valence-electron chi connectivity index (χ2n) is 5.69. The number of carbonyl (C=O) groups excluding carboxylic acids is 1. The van der Waals surface area contributed by atoms with Crippen LogP contribution in [0.2, 0.25) is 0 Å². The SMILES string of the molecule is C[C@H](NC(=O)NCCc1nc2ccccc2[nH]1)[C@H]1CCCO1. The maximum Gasteiger partial charge on any atom is 0.315 e. The predicted molar refractivity (Wildman–Crippen MR) is 84.8 cm³/mol. The van der Waals surface area contributed by atoms with Gasteiger partial charge in [-0.25, -0.2) is 9.78 Å². The Bertz CT molecular complexity index is 601. The fraction of sp³-hybridized carbons (Fsp3) is 0.500. The van der Waals surface area contributed by atoms with Gasteiger partial charge >= 0.3 is 6.03 Å². The van der Waals surface area contributed by atoms with E-state index < -0.39 is 0 Å². The number of nitrogens with zero attached hydrogens (tertiary/aromatic N) is 1. The molecule has 3 rings (SSSR count). The van der Waals surface area contributed by atoms with Crippen LogP contribution in [0.4, 0.5) is 4.79 Å². The van der Waals surface area contributed by atoms with Crippen molar-refractivity contribution in [3.05, 3.63) is 30.1 Å². The van der Waals surface area contributed by atoms with Crippen LogP contribution < -0.4 is 10.6 Å². The van der Waals surface area contributed by atoms with Gasteiger partial charge in [0.05, 0.1) is 23.2 Å². The Balaban J connectivity index is 1.43. The molecule has 6 heteroatoms. The Labute approximate surface area is 129 Å². The van der Waals surface area contributed by atoms with Gasteiger partial charge in [-0.05, 0) is 31.9 Å². The Morgan fingerprint density at radius 3 is 3.14 bits per heavy atom. The second-order valence-corrected chi connectivity index (χ2v) is 5.69. The van der Waals surface area contributed by atoms with Gasteiger partial charge in [0.15, 0.2) is 0 Å². The highest BCUT2D eigenvalue weighted by atomic mass is 16.5. The van der Waals surface area contributed by atoms with Crippen LogP contribution in [0, 0.1) is 0 Å². The lowest BCUT2D eigenvalue weighted by molar-refractivity contribution is 0.0860. The van der Waals surface area contributed by atoms with Gasteiger partial charge in [0.2, 0.25) is 0 Å². The van der Waals surface area contributed by atoms with Gasteiger partial charge in [-0.15, -0.1) is 0 Å². The van der Waals surface area contributed by atoms with Gasteiger partial charge in [-0.2, -0.15) is 0 Å². The van der Waals surface area contributed by atoms with Crippen molar-refractivity contribution in [3.8, 4) is 0 Å². The lowest BCUT2D eigenvalue weighted by Crippen LogP contribution is -2.46. The molecular formula is C16H22N4O2. The molecule has 0 saturated carbocycles. The van der Waals surface area contributed by atoms with Crippen molar-refractivity contribution >= 4 is 17.1 Å². The number of amides is 2. The highest BCUT2D eigenvalue weighted by molar-refractivity contribution is 5.75. The van der Waals surface area contributed by atoms with Crippen LogP contribution in [0.5, 0.6) is 0 Å². The maximum absolute atomic E-state index is 11.9. The summed E-state index contributed by atoms with van der Waals surface area (Å²) in [5.74, 6) is 0.883. The first-order valence-corrected chi connectivity index (χ1v) is 7.82. The molecule has 22 heavy (non-hydrogen) atoms. The van der Waals surface area contributed by atoms with Crippen molar-refractivity contribution < 1.29 is 9.53 Å². The van der Waals surface area contributed by atoms with Crippen LogP contribution in [-0.2, 0) is 11.2 Å². The first-order valence-electron chi connectivity index (χ1n) is 7.82. The maximum atomic E-state index is 11.9. The Morgan fingerprint density at radius 2 is 2.36 bits per heavy atom. The summed E-state index contributed by atoms with van der Waals surface area (Å²) in [6.45, 7) is 3.32. The van der Waals surface area contributed by atoms with Crippen molar-refractivity contribution in [1.82, 2.24) is 20.6 Å². The molecule has 1 aromatic carbocycles. The molecule has 3 N–H and O–H groups in total. The van der Waals surface area contributed by atoms with Gasteiger partial charge in [-0.3, -0.25) is 0 Å². The number of ether oxygens (including phenoxy) is 1. The minimum atomic E-state index is -0.154. The van der Waals surface area contributed by atoms with Crippen molar-refractivity contribution in [3.63, 3.8) is 0 Å². The molecule has 1 aromatic heterocycles. The van der Waals surface area contributed by atoms with Crippen molar-refractivity contribution in [2.24, 2.45) is 0 Å². The van der Waals surface area contributed by atoms with Crippen LogP contribution in [0.15, 0.2) is 24.3 Å². The summed E-state index contributed by atoms with van der Waals surface area (Å²) < 4.78 is 5.57. The summed E-state index contributed by atoms with van der Waals surface area (Å²) in [5, 5.41) is 5.79. The smallest absolute Gasteiger partial charge is 0.315 e. The molecule has 118 valence electrons. The van der Waals surface area contributed by atoms with Crippen LogP contribution in [0.25, 0.3) is 11.0 Å². The summed E-state index contributed by atoms with van der Waals surface area (Å²) in [4.78, 5) is 19.6. The van der Waals surface area contributed by atoms with Gasteiger partial charge in [0, 0.05) is 19.6 Å². The number of urea groups is 1. The molecule has 2 atom stereocenters. The van der Waals surface area contributed by atoms with E-state index in [9.17, 15) is 4.79 Å². The predicted octanol–water partition coefficient (Wildman–Crippen LogP) is 1.97. The number of nitrogens with one attached hydrogen (secondary N) is 3. The van der Waals surface area contributed by atoms with Crippen LogP contribution in [-0.4, -0.2) is 41.3 Å². The quantitative estimate of drug-likeness (QED) is 0.790. The highest BCUT2D eigenvalue weighted by Gasteiger charge is 2.23. The third-order valence-corrected chi connectivity index (χ3v) is 3.97. The largest absolute Gasteiger partial charge is 0.376 e. The minimum Gasteiger partial charge on any atom is -0.376 e. The van der Waals surface area contributed by atoms with E-state index in [-0.39, 0.29) is 18.2 Å². The van der Waals surface area contributed by atoms with Crippen LogP contribution >= 0.6 is 0 Å². The zero-order valence-corrected chi connectivity index (χ0v) is 12.8. The molecule has 2 amide bonds. The van der Waals surface area contributed by atoms with E-state index in [4.69, 9.17) is 4.74 Å². The number of benzene rings is 1. The van der Waals surface area contributed by atoms with Gasteiger partial charge in [0.25, 0.3) is 0 Å². The zero-order valence-electron chi connectivity index (χ0n) is 12.8. The molecule has 1 aliphatic heterocycles. The monoisotopic (exact) mass is 302 g/mol. The first kappa shape index (κ1) is 14.8. The number of aromatic nitrogens is 2. The third kappa shape index (κ3) is 3.57. The van der Waals surface area contributed by atoms with Crippen molar-refractivity contribution in [2.45, 2.75) is 38.3 Å². The molecule has 0 radical (unpaired) electrons. The number of para-hydroxylation sites is 2. The number of aromatic amines is 1. The van der Waals surface area contributed by atoms with E-state index in [0.29, 0.717) is 13.0 Å². The number of H-pyrrole nitrogens is 1. The molecule has 0 unspecified atom stereocenters. The van der Waals surface area contributed by atoms with Crippen LogP contribution in [0.3, 0.4) is 0 Å². The third-order valence-electron chi connectivity index (χ3n) is 3.97. The second kappa shape index (κ2) is 6.79. The summed E-state index contributed by atoms with van der Waals surface area (Å²) in [7, 11) is 0. The molecule has 0 bridgehead atoms. The number of hydrogen-bond acceptors (Lipinski definition) is 3. The molecule has 1 saturated heterocycles. The van der Waals surface area contributed by atoms with E-state index in [1.807, 2.05) is 31.2 Å². The number of imidazole rings is 1. The Kier molecular flexibility index (Phi) is 4.58. The summed E-state index contributed by atoms with van der Waals surface area (Å²) in [6, 6.07) is 7.79. The highest BCUT2D eigenvalue weighted by Crippen LogP contribution is 2.15. The lowest BCUT2D eigenvalue weighted by Gasteiger charge is -2.20. The zero-order chi connectivity index (χ0) is 15.4. The number of fused-ring (bicyclic) bond motifs is 1. The summed E-state index contributed by atoms with van der Waals surface area (Å²) in [6.07, 6.45) is 2.91. The minimum absolute atomic E-state index is 0.0358.